The molecule has 0 aromatic heterocycles. The van der Waals surface area contributed by atoms with Crippen LogP contribution >= 0.6 is 0 Å². The van der Waals surface area contributed by atoms with Gasteiger partial charge in [-0.05, 0) is 118 Å². The van der Waals surface area contributed by atoms with Crippen molar-refractivity contribution in [2.75, 3.05) is 17.3 Å². The molecule has 4 bridgehead atoms. The first kappa shape index (κ1) is 18.1. The van der Waals surface area contributed by atoms with Crippen LogP contribution in [0.4, 0.5) is 17.1 Å². The molecule has 4 aliphatic rings. The summed E-state index contributed by atoms with van der Waals surface area (Å²) in [6, 6.07) is 18.8. The van der Waals surface area contributed by atoms with Crippen LogP contribution in [-0.4, -0.2) is 13.1 Å². The topological polar surface area (TPSA) is 15.3 Å². The van der Waals surface area contributed by atoms with E-state index in [0.717, 1.165) is 17.8 Å². The summed E-state index contributed by atoms with van der Waals surface area (Å²) in [6.07, 6.45) is 8.88. The Kier molecular flexibility index (Phi) is 4.41. The van der Waals surface area contributed by atoms with Gasteiger partial charge in [0.25, 0.3) is 0 Å². The number of nitrogens with zero attached hydrogens (tertiary/aromatic N) is 1. The van der Waals surface area contributed by atoms with E-state index in [1.54, 1.807) is 5.56 Å². The molecule has 0 amide bonds. The third kappa shape index (κ3) is 3.21. The molecule has 2 nitrogen and oxygen atoms in total. The Bertz CT molecular complexity index is 783. The molecule has 0 unspecified atom stereocenters. The zero-order valence-corrected chi connectivity index (χ0v) is 17.6. The molecule has 2 aromatic carbocycles. The molecule has 0 radical (unpaired) electrons. The van der Waals surface area contributed by atoms with Gasteiger partial charge in [-0.1, -0.05) is 12.1 Å². The summed E-state index contributed by atoms with van der Waals surface area (Å²) in [5.41, 5.74) is 5.80. The van der Waals surface area contributed by atoms with E-state index in [1.807, 2.05) is 0 Å². The molecule has 2 aromatic rings. The van der Waals surface area contributed by atoms with Gasteiger partial charge in [0.1, 0.15) is 0 Å². The maximum atomic E-state index is 3.46. The van der Waals surface area contributed by atoms with Gasteiger partial charge in [-0.25, -0.2) is 0 Å². The number of hydrogen-bond donors (Lipinski definition) is 1. The van der Waals surface area contributed by atoms with Gasteiger partial charge in [0.15, 0.2) is 0 Å². The maximum absolute atomic E-state index is 3.46. The molecule has 0 aliphatic heterocycles. The van der Waals surface area contributed by atoms with Gasteiger partial charge < -0.3 is 10.2 Å². The van der Waals surface area contributed by atoms with Crippen molar-refractivity contribution in [3.63, 3.8) is 0 Å². The van der Waals surface area contributed by atoms with E-state index in [0.29, 0.717) is 11.5 Å². The second kappa shape index (κ2) is 6.83. The third-order valence-corrected chi connectivity index (χ3v) is 7.62. The summed E-state index contributed by atoms with van der Waals surface area (Å²) in [4.78, 5) is 2.29. The minimum absolute atomic E-state index is 0.459. The average molecular weight is 375 g/mol. The number of rotatable bonds is 5. The van der Waals surface area contributed by atoms with Crippen molar-refractivity contribution in [1.82, 2.24) is 0 Å². The fourth-order valence-corrected chi connectivity index (χ4v) is 6.77. The van der Waals surface area contributed by atoms with Crippen LogP contribution in [0.1, 0.15) is 57.9 Å². The van der Waals surface area contributed by atoms with Gasteiger partial charge in [0.2, 0.25) is 0 Å². The van der Waals surface area contributed by atoms with E-state index in [1.165, 1.54) is 55.6 Å². The predicted octanol–water partition coefficient (Wildman–Crippen LogP) is 6.74. The fourth-order valence-electron chi connectivity index (χ4n) is 6.77. The molecule has 28 heavy (non-hydrogen) atoms. The van der Waals surface area contributed by atoms with Crippen molar-refractivity contribution >= 4 is 17.1 Å². The SMILES string of the molecule is CC(C)Nc1ccc(N(C)c2ccc(C34CC5CC(CC(C5)C3)C4)cc2)cc1. The van der Waals surface area contributed by atoms with Gasteiger partial charge in [0.05, 0.1) is 0 Å². The van der Waals surface area contributed by atoms with Gasteiger partial charge >= 0.3 is 0 Å². The monoisotopic (exact) mass is 374 g/mol. The lowest BCUT2D eigenvalue weighted by molar-refractivity contribution is -0.00518. The molecular formula is C26H34N2. The Hall–Kier alpha value is -1.96. The highest BCUT2D eigenvalue weighted by molar-refractivity contribution is 5.65. The molecule has 0 saturated heterocycles. The molecule has 6 rings (SSSR count). The van der Waals surface area contributed by atoms with Crippen LogP contribution < -0.4 is 10.2 Å². The Morgan fingerprint density at radius 3 is 1.71 bits per heavy atom. The van der Waals surface area contributed by atoms with Gasteiger partial charge in [0, 0.05) is 30.2 Å². The van der Waals surface area contributed by atoms with Crippen molar-refractivity contribution in [3.8, 4) is 0 Å². The predicted molar refractivity (Wildman–Crippen MR) is 120 cm³/mol. The molecule has 4 saturated carbocycles. The van der Waals surface area contributed by atoms with Gasteiger partial charge in [-0.3, -0.25) is 0 Å². The Morgan fingerprint density at radius 2 is 1.25 bits per heavy atom. The fraction of sp³-hybridized carbons (Fsp3) is 0.538. The van der Waals surface area contributed by atoms with E-state index in [-0.39, 0.29) is 0 Å². The zero-order valence-electron chi connectivity index (χ0n) is 17.6. The highest BCUT2D eigenvalue weighted by atomic mass is 15.1. The molecule has 1 N–H and O–H groups in total. The van der Waals surface area contributed by atoms with Crippen molar-refractivity contribution in [2.24, 2.45) is 17.8 Å². The summed E-state index contributed by atoms with van der Waals surface area (Å²) in [7, 11) is 2.17. The Labute approximate surface area is 170 Å². The molecular weight excluding hydrogens is 340 g/mol. The molecule has 0 atom stereocenters. The summed E-state index contributed by atoms with van der Waals surface area (Å²) in [5.74, 6) is 3.02. The highest BCUT2D eigenvalue weighted by Crippen LogP contribution is 2.60. The second-order valence-electron chi connectivity index (χ2n) is 10.1. The van der Waals surface area contributed by atoms with Crippen molar-refractivity contribution in [2.45, 2.75) is 63.8 Å². The van der Waals surface area contributed by atoms with E-state index < -0.39 is 0 Å². The molecule has 4 aliphatic carbocycles. The van der Waals surface area contributed by atoms with Crippen LogP contribution in [0.15, 0.2) is 48.5 Å². The van der Waals surface area contributed by atoms with Crippen molar-refractivity contribution < 1.29 is 0 Å². The number of anilines is 3. The first-order chi connectivity index (χ1) is 13.5. The summed E-state index contributed by atoms with van der Waals surface area (Å²) < 4.78 is 0. The van der Waals surface area contributed by atoms with Gasteiger partial charge in [-0.2, -0.15) is 0 Å². The number of nitrogens with one attached hydrogen (secondary N) is 1. The first-order valence-corrected chi connectivity index (χ1v) is 11.2. The van der Waals surface area contributed by atoms with Crippen LogP contribution in [0.2, 0.25) is 0 Å². The minimum Gasteiger partial charge on any atom is -0.383 e. The second-order valence-corrected chi connectivity index (χ2v) is 10.1. The lowest BCUT2D eigenvalue weighted by atomic mass is 9.48. The summed E-state index contributed by atoms with van der Waals surface area (Å²) >= 11 is 0. The largest absolute Gasteiger partial charge is 0.383 e. The lowest BCUT2D eigenvalue weighted by Crippen LogP contribution is -2.48. The van der Waals surface area contributed by atoms with E-state index in [2.05, 4.69) is 79.6 Å². The molecule has 0 heterocycles. The summed E-state index contributed by atoms with van der Waals surface area (Å²) in [5, 5.41) is 3.46. The smallest absolute Gasteiger partial charge is 0.0409 e. The molecule has 4 fully saturated rings. The first-order valence-electron chi connectivity index (χ1n) is 11.2. The lowest BCUT2D eigenvalue weighted by Gasteiger charge is -2.57. The van der Waals surface area contributed by atoms with E-state index in [9.17, 15) is 0 Å². The zero-order chi connectivity index (χ0) is 19.3. The van der Waals surface area contributed by atoms with Gasteiger partial charge in [-0.15, -0.1) is 0 Å². The number of benzene rings is 2. The van der Waals surface area contributed by atoms with Crippen LogP contribution in [0.5, 0.6) is 0 Å². The van der Waals surface area contributed by atoms with Crippen LogP contribution in [0.3, 0.4) is 0 Å². The quantitative estimate of drug-likeness (QED) is 0.623. The van der Waals surface area contributed by atoms with Crippen LogP contribution in [-0.2, 0) is 5.41 Å². The molecule has 2 heteroatoms. The maximum Gasteiger partial charge on any atom is 0.0409 e. The molecule has 0 spiro atoms. The molecule has 148 valence electrons. The van der Waals surface area contributed by atoms with Crippen molar-refractivity contribution in [3.05, 3.63) is 54.1 Å². The minimum atomic E-state index is 0.459. The third-order valence-electron chi connectivity index (χ3n) is 7.62. The van der Waals surface area contributed by atoms with Crippen LogP contribution in [0, 0.1) is 17.8 Å². The van der Waals surface area contributed by atoms with Crippen LogP contribution in [0.25, 0.3) is 0 Å². The van der Waals surface area contributed by atoms with E-state index >= 15 is 0 Å². The average Bonchev–Trinajstić information content (AvgIpc) is 2.67. The van der Waals surface area contributed by atoms with E-state index in [4.69, 9.17) is 0 Å². The standard InChI is InChI=1S/C26H34N2/c1-18(2)27-23-6-10-25(11-7-23)28(3)24-8-4-22(5-9-24)26-15-19-12-20(16-26)14-21(13-19)17-26/h4-11,18-21,27H,12-17H2,1-3H3. The van der Waals surface area contributed by atoms with Crippen molar-refractivity contribution in [1.29, 1.82) is 0 Å². The Balaban J connectivity index is 1.34. The normalized spacial score (nSPS) is 30.6. The number of hydrogen-bond acceptors (Lipinski definition) is 2. The Morgan fingerprint density at radius 1 is 0.786 bits per heavy atom. The summed E-state index contributed by atoms with van der Waals surface area (Å²) in [6.45, 7) is 4.34. The highest BCUT2D eigenvalue weighted by Gasteiger charge is 2.51.